The fourth-order valence-corrected chi connectivity index (χ4v) is 3.46. The van der Waals surface area contributed by atoms with E-state index in [1.807, 2.05) is 0 Å². The highest BCUT2D eigenvalue weighted by Crippen LogP contribution is 2.13. The predicted molar refractivity (Wildman–Crippen MR) is 113 cm³/mol. The molecule has 0 aromatic carbocycles. The molecule has 0 rings (SSSR count). The molecule has 0 unspecified atom stereocenters. The second-order valence-electron chi connectivity index (χ2n) is 8.33. The van der Waals surface area contributed by atoms with Gasteiger partial charge in [0, 0.05) is 0 Å². The summed E-state index contributed by atoms with van der Waals surface area (Å²) in [5.74, 6) is 0. The molecule has 1 heteroatoms. The Morgan fingerprint density at radius 1 is 0.417 bits per heavy atom. The van der Waals surface area contributed by atoms with E-state index in [0.717, 1.165) is 0 Å². The molecule has 0 amide bonds. The van der Waals surface area contributed by atoms with Crippen LogP contribution in [0.5, 0.6) is 0 Å². The zero-order valence-corrected chi connectivity index (χ0v) is 18.2. The molecule has 148 valence electrons. The van der Waals surface area contributed by atoms with E-state index in [9.17, 15) is 0 Å². The number of hydrogen-bond acceptors (Lipinski definition) is 0. The standard InChI is InChI=1S/C22H48N.CH3/c1-5-7-9-11-13-15-17-19-21-23(3,4)22-20-18-16-14-12-10-8-6-2;/h5-22H2,1-4H3;1H3/q+1;-1. The average Bonchev–Trinajstić information content (AvgIpc) is 2.52. The smallest absolute Gasteiger partial charge is 0.0782 e. The van der Waals surface area contributed by atoms with Gasteiger partial charge in [0.2, 0.25) is 0 Å². The molecule has 1 nitrogen and oxygen atoms in total. The van der Waals surface area contributed by atoms with Crippen LogP contribution in [0.15, 0.2) is 0 Å². The molecule has 0 N–H and O–H groups in total. The van der Waals surface area contributed by atoms with Crippen molar-refractivity contribution in [3.8, 4) is 0 Å². The van der Waals surface area contributed by atoms with Gasteiger partial charge in [-0.05, 0) is 25.7 Å². The molecule has 0 spiro atoms. The number of hydrogen-bond donors (Lipinski definition) is 0. The maximum atomic E-state index is 2.43. The number of unbranched alkanes of at least 4 members (excludes halogenated alkanes) is 14. The van der Waals surface area contributed by atoms with Crippen molar-refractivity contribution in [1.82, 2.24) is 0 Å². The lowest BCUT2D eigenvalue weighted by Gasteiger charge is -2.30. The Bertz CT molecular complexity index is 200. The van der Waals surface area contributed by atoms with Gasteiger partial charge in [0.1, 0.15) is 0 Å². The van der Waals surface area contributed by atoms with Gasteiger partial charge in [0.05, 0.1) is 27.2 Å². The van der Waals surface area contributed by atoms with Crippen molar-refractivity contribution in [2.45, 2.75) is 117 Å². The molecule has 0 saturated heterocycles. The highest BCUT2D eigenvalue weighted by molar-refractivity contribution is 4.48. The van der Waals surface area contributed by atoms with Gasteiger partial charge < -0.3 is 11.9 Å². The topological polar surface area (TPSA) is 0 Å². The van der Waals surface area contributed by atoms with Gasteiger partial charge >= 0.3 is 0 Å². The van der Waals surface area contributed by atoms with E-state index in [0.29, 0.717) is 0 Å². The Hall–Kier alpha value is -0.0400. The average molecular weight is 342 g/mol. The van der Waals surface area contributed by atoms with Crippen LogP contribution in [0.2, 0.25) is 0 Å². The Labute approximate surface area is 156 Å². The van der Waals surface area contributed by atoms with Gasteiger partial charge in [-0.15, -0.1) is 0 Å². The normalized spacial score (nSPS) is 11.5. The summed E-state index contributed by atoms with van der Waals surface area (Å²) in [6.07, 6.45) is 23.0. The van der Waals surface area contributed by atoms with Gasteiger partial charge in [-0.2, -0.15) is 0 Å². The summed E-state index contributed by atoms with van der Waals surface area (Å²) in [5.41, 5.74) is 0. The summed E-state index contributed by atoms with van der Waals surface area (Å²) in [6, 6.07) is 0. The van der Waals surface area contributed by atoms with Crippen LogP contribution in [-0.4, -0.2) is 31.7 Å². The third kappa shape index (κ3) is 20.0. The lowest BCUT2D eigenvalue weighted by Crippen LogP contribution is -2.41. The Kier molecular flexibility index (Phi) is 21.0. The van der Waals surface area contributed by atoms with E-state index >= 15 is 0 Å². The summed E-state index contributed by atoms with van der Waals surface area (Å²) in [5, 5.41) is 0. The Morgan fingerprint density at radius 2 is 0.667 bits per heavy atom. The minimum atomic E-state index is 0. The van der Waals surface area contributed by atoms with Crippen molar-refractivity contribution in [3.05, 3.63) is 7.43 Å². The fourth-order valence-electron chi connectivity index (χ4n) is 3.46. The quantitative estimate of drug-likeness (QED) is 0.135. The SMILES string of the molecule is CCCCCCCCCC[N+](C)(C)CCCCCCCCCC.[CH3-]. The van der Waals surface area contributed by atoms with Gasteiger partial charge in [0.15, 0.2) is 0 Å². The van der Waals surface area contributed by atoms with Crippen LogP contribution in [-0.2, 0) is 0 Å². The van der Waals surface area contributed by atoms with Crippen LogP contribution in [0.3, 0.4) is 0 Å². The van der Waals surface area contributed by atoms with E-state index in [4.69, 9.17) is 0 Å². The molecule has 24 heavy (non-hydrogen) atoms. The van der Waals surface area contributed by atoms with Crippen molar-refractivity contribution in [1.29, 1.82) is 0 Å². The highest BCUT2D eigenvalue weighted by atomic mass is 15.3. The van der Waals surface area contributed by atoms with E-state index in [1.165, 1.54) is 120 Å². The molecule has 0 bridgehead atoms. The summed E-state index contributed by atoms with van der Waals surface area (Å²) >= 11 is 0. The second-order valence-corrected chi connectivity index (χ2v) is 8.33. The van der Waals surface area contributed by atoms with E-state index in [-0.39, 0.29) is 7.43 Å². The molecule has 0 aromatic rings. The van der Waals surface area contributed by atoms with E-state index in [2.05, 4.69) is 27.9 Å². The molecule has 0 aromatic heterocycles. The maximum Gasteiger partial charge on any atom is 0.0782 e. The number of quaternary nitrogens is 1. The van der Waals surface area contributed by atoms with Crippen LogP contribution >= 0.6 is 0 Å². The molecule has 0 aliphatic carbocycles. The van der Waals surface area contributed by atoms with Crippen LogP contribution in [0.25, 0.3) is 0 Å². The van der Waals surface area contributed by atoms with Crippen LogP contribution in [0.1, 0.15) is 117 Å². The number of nitrogens with zero attached hydrogens (tertiary/aromatic N) is 1. The molecule has 0 aliphatic heterocycles. The monoisotopic (exact) mass is 341 g/mol. The lowest BCUT2D eigenvalue weighted by molar-refractivity contribution is -0.890. The van der Waals surface area contributed by atoms with Crippen molar-refractivity contribution in [3.63, 3.8) is 0 Å². The maximum absolute atomic E-state index is 2.43. The molecule has 0 fully saturated rings. The van der Waals surface area contributed by atoms with Crippen LogP contribution < -0.4 is 0 Å². The molecule has 0 saturated carbocycles. The third-order valence-electron chi connectivity index (χ3n) is 5.23. The predicted octanol–water partition coefficient (Wildman–Crippen LogP) is 7.79. The van der Waals surface area contributed by atoms with Crippen molar-refractivity contribution < 1.29 is 4.48 Å². The lowest BCUT2D eigenvalue weighted by atomic mass is 10.1. The molecule has 0 radical (unpaired) electrons. The first-order valence-electron chi connectivity index (χ1n) is 10.9. The second kappa shape index (κ2) is 19.3. The first-order chi connectivity index (χ1) is 11.1. The van der Waals surface area contributed by atoms with Crippen LogP contribution in [0, 0.1) is 7.43 Å². The summed E-state index contributed by atoms with van der Waals surface area (Å²) in [7, 11) is 4.87. The molecule has 0 aliphatic rings. The van der Waals surface area contributed by atoms with Gasteiger partial charge in [-0.25, -0.2) is 0 Å². The van der Waals surface area contributed by atoms with E-state index in [1.54, 1.807) is 0 Å². The minimum Gasteiger partial charge on any atom is -0.358 e. The molecular formula is C23H51N. The van der Waals surface area contributed by atoms with Crippen molar-refractivity contribution in [2.24, 2.45) is 0 Å². The van der Waals surface area contributed by atoms with Crippen molar-refractivity contribution >= 4 is 0 Å². The molecule has 0 heterocycles. The van der Waals surface area contributed by atoms with Crippen molar-refractivity contribution in [2.75, 3.05) is 27.2 Å². The Morgan fingerprint density at radius 3 is 0.958 bits per heavy atom. The zero-order chi connectivity index (χ0) is 17.2. The first-order valence-corrected chi connectivity index (χ1v) is 10.9. The zero-order valence-electron chi connectivity index (χ0n) is 18.2. The van der Waals surface area contributed by atoms with Crippen LogP contribution in [0.4, 0.5) is 0 Å². The highest BCUT2D eigenvalue weighted by Gasteiger charge is 2.13. The summed E-state index contributed by atoms with van der Waals surface area (Å²) in [6.45, 7) is 7.36. The minimum absolute atomic E-state index is 0. The fraction of sp³-hybridized carbons (Fsp3) is 0.957. The largest absolute Gasteiger partial charge is 0.358 e. The van der Waals surface area contributed by atoms with Gasteiger partial charge in [-0.1, -0.05) is 90.9 Å². The third-order valence-corrected chi connectivity index (χ3v) is 5.23. The summed E-state index contributed by atoms with van der Waals surface area (Å²) in [4.78, 5) is 0. The van der Waals surface area contributed by atoms with E-state index < -0.39 is 0 Å². The molecular weight excluding hydrogens is 290 g/mol. The Balaban J connectivity index is 0. The van der Waals surface area contributed by atoms with Gasteiger partial charge in [-0.3, -0.25) is 0 Å². The number of rotatable bonds is 18. The molecule has 0 atom stereocenters. The van der Waals surface area contributed by atoms with Gasteiger partial charge in [0.25, 0.3) is 0 Å². The summed E-state index contributed by atoms with van der Waals surface area (Å²) < 4.78 is 1.24. The first kappa shape index (κ1) is 26.2.